The third-order valence-electron chi connectivity index (χ3n) is 5.66. The molecule has 1 heterocycles. The molecule has 0 aliphatic heterocycles. The number of amides is 1. The van der Waals surface area contributed by atoms with Crippen LogP contribution in [0.1, 0.15) is 25.7 Å². The third-order valence-corrected chi connectivity index (χ3v) is 7.65. The summed E-state index contributed by atoms with van der Waals surface area (Å²) in [5, 5.41) is 2.95. The summed E-state index contributed by atoms with van der Waals surface area (Å²) in [5.74, 6) is 0.810. The molecule has 31 heavy (non-hydrogen) atoms. The number of hydrogen-bond donors (Lipinski definition) is 2. The van der Waals surface area contributed by atoms with Crippen molar-refractivity contribution in [1.82, 2.24) is 13.5 Å². The first kappa shape index (κ1) is 21.7. The summed E-state index contributed by atoms with van der Waals surface area (Å²) in [7, 11) is -2.08. The summed E-state index contributed by atoms with van der Waals surface area (Å²) < 4.78 is 41.7. The van der Waals surface area contributed by atoms with Crippen LogP contribution in [0, 0.1) is 11.8 Å². The molecule has 1 saturated carbocycles. The highest BCUT2D eigenvalue weighted by atomic mass is 32.2. The first-order valence-corrected chi connectivity index (χ1v) is 12.3. The molecule has 1 aliphatic rings. The van der Waals surface area contributed by atoms with Gasteiger partial charge in [0.25, 0.3) is 0 Å². The predicted molar refractivity (Wildman–Crippen MR) is 120 cm³/mol. The van der Waals surface area contributed by atoms with Gasteiger partial charge in [0.05, 0.1) is 18.8 Å². The lowest BCUT2D eigenvalue weighted by Gasteiger charge is -2.28. The number of benzene rings is 2. The number of fused-ring (bicyclic) bond motifs is 1. The minimum atomic E-state index is -3.67. The number of rotatable bonds is 7. The van der Waals surface area contributed by atoms with Gasteiger partial charge in [-0.1, -0.05) is 12.1 Å². The molecule has 0 radical (unpaired) electrons. The van der Waals surface area contributed by atoms with Crippen molar-refractivity contribution in [2.24, 2.45) is 11.8 Å². The lowest BCUT2D eigenvalue weighted by atomic mass is 9.81. The number of carbonyl (C=O) groups excluding carboxylic acids is 1. The molecule has 0 atom stereocenters. The molecule has 3 aromatic rings. The molecule has 2 N–H and O–H groups in total. The van der Waals surface area contributed by atoms with Gasteiger partial charge in [0.2, 0.25) is 15.9 Å². The maximum Gasteiger partial charge on any atom is 0.242 e. The highest BCUT2D eigenvalue weighted by Gasteiger charge is 2.28. The number of carbonyl (C=O) groups is 1. The normalized spacial score (nSPS) is 19.3. The monoisotopic (exact) mass is 460 g/mol. The van der Waals surface area contributed by atoms with E-state index in [4.69, 9.17) is 4.74 Å². The van der Waals surface area contributed by atoms with E-state index in [2.05, 4.69) is 18.8 Å². The number of ether oxygens (including phenoxy) is 1. The van der Waals surface area contributed by atoms with Crippen molar-refractivity contribution in [3.63, 3.8) is 0 Å². The van der Waals surface area contributed by atoms with E-state index in [0.29, 0.717) is 29.0 Å². The maximum absolute atomic E-state index is 12.8. The first-order valence-electron chi connectivity index (χ1n) is 10.1. The smallest absolute Gasteiger partial charge is 0.242 e. The zero-order chi connectivity index (χ0) is 21.8. The van der Waals surface area contributed by atoms with Crippen LogP contribution in [-0.4, -0.2) is 36.7 Å². The summed E-state index contributed by atoms with van der Waals surface area (Å²) in [6.07, 6.45) is 3.05. The number of methoxy groups -OCH3 is 1. The Hall–Kier alpha value is -2.56. The van der Waals surface area contributed by atoms with Gasteiger partial charge in [0, 0.05) is 24.2 Å². The van der Waals surface area contributed by atoms with Gasteiger partial charge in [-0.15, -0.1) is 0 Å². The van der Waals surface area contributed by atoms with E-state index >= 15 is 0 Å². The zero-order valence-corrected chi connectivity index (χ0v) is 18.7. The van der Waals surface area contributed by atoms with Crippen molar-refractivity contribution in [2.75, 3.05) is 19.0 Å². The van der Waals surface area contributed by atoms with Crippen LogP contribution in [0.4, 0.5) is 5.69 Å². The van der Waals surface area contributed by atoms with Crippen molar-refractivity contribution in [1.29, 1.82) is 0 Å². The van der Waals surface area contributed by atoms with Crippen LogP contribution in [-0.2, 0) is 14.8 Å². The second-order valence-corrected chi connectivity index (χ2v) is 9.94. The van der Waals surface area contributed by atoms with E-state index < -0.39 is 10.0 Å². The van der Waals surface area contributed by atoms with Crippen LogP contribution in [0.5, 0.6) is 5.75 Å². The minimum Gasteiger partial charge on any atom is -0.497 e. The minimum absolute atomic E-state index is 0.00464. The Labute approximate surface area is 185 Å². The number of nitrogens with one attached hydrogen (secondary N) is 2. The van der Waals surface area contributed by atoms with E-state index in [1.165, 1.54) is 0 Å². The molecular weight excluding hydrogens is 436 g/mol. The lowest BCUT2D eigenvalue weighted by molar-refractivity contribution is -0.121. The molecule has 0 unspecified atom stereocenters. The Bertz CT molecular complexity index is 1170. The molecule has 2 aromatic carbocycles. The number of anilines is 1. The molecule has 1 aliphatic carbocycles. The van der Waals surface area contributed by atoms with Gasteiger partial charge in [0.1, 0.15) is 21.7 Å². The first-order chi connectivity index (χ1) is 15.0. The predicted octanol–water partition coefficient (Wildman–Crippen LogP) is 3.42. The second kappa shape index (κ2) is 9.29. The fourth-order valence-corrected chi connectivity index (χ4v) is 5.76. The Balaban J connectivity index is 1.30. The molecule has 0 spiro atoms. The van der Waals surface area contributed by atoms with E-state index in [9.17, 15) is 13.2 Å². The van der Waals surface area contributed by atoms with E-state index in [1.54, 1.807) is 31.4 Å². The van der Waals surface area contributed by atoms with Gasteiger partial charge in [-0.05, 0) is 55.9 Å². The van der Waals surface area contributed by atoms with Crippen molar-refractivity contribution < 1.29 is 17.9 Å². The van der Waals surface area contributed by atoms with Gasteiger partial charge < -0.3 is 10.1 Å². The molecule has 1 fully saturated rings. The molecule has 0 bridgehead atoms. The van der Waals surface area contributed by atoms with Crippen molar-refractivity contribution >= 4 is 44.4 Å². The van der Waals surface area contributed by atoms with E-state index in [1.807, 2.05) is 18.2 Å². The van der Waals surface area contributed by atoms with E-state index in [-0.39, 0.29) is 22.6 Å². The van der Waals surface area contributed by atoms with Crippen LogP contribution in [0.25, 0.3) is 11.0 Å². The van der Waals surface area contributed by atoms with Gasteiger partial charge in [-0.3, -0.25) is 4.79 Å². The second-order valence-electron chi connectivity index (χ2n) is 7.68. The Morgan fingerprint density at radius 3 is 2.68 bits per heavy atom. The molecule has 8 nitrogen and oxygen atoms in total. The molecule has 1 aromatic heterocycles. The molecule has 0 saturated heterocycles. The summed E-state index contributed by atoms with van der Waals surface area (Å²) in [6.45, 7) is 0.348. The summed E-state index contributed by atoms with van der Waals surface area (Å²) in [4.78, 5) is 12.8. The molecular formula is C21H24N4O4S2. The van der Waals surface area contributed by atoms with Gasteiger partial charge >= 0.3 is 0 Å². The number of aromatic nitrogens is 2. The standard InChI is InChI=1S/C21H24N4O4S2/c1-29-17-5-2-4-16(12-17)23-21(26)15-10-8-14(9-11-15)13-22-31(27,28)19-7-3-6-18-20(19)25-30-24-18/h2-7,12,14-15,22H,8-11,13H2,1H3,(H,23,26). The Kier molecular flexibility index (Phi) is 6.49. The van der Waals surface area contributed by atoms with Gasteiger partial charge in [-0.25, -0.2) is 13.1 Å². The third kappa shape index (κ3) is 5.03. The Morgan fingerprint density at radius 1 is 1.13 bits per heavy atom. The maximum atomic E-state index is 12.8. The SMILES string of the molecule is COc1cccc(NC(=O)C2CCC(CNS(=O)(=O)c3cccc4nsnc34)CC2)c1. The average molecular weight is 461 g/mol. The zero-order valence-electron chi connectivity index (χ0n) is 17.1. The molecule has 10 heteroatoms. The highest BCUT2D eigenvalue weighted by Crippen LogP contribution is 2.30. The quantitative estimate of drug-likeness (QED) is 0.559. The Morgan fingerprint density at radius 2 is 1.90 bits per heavy atom. The fraction of sp³-hybridized carbons (Fsp3) is 0.381. The topological polar surface area (TPSA) is 110 Å². The summed E-state index contributed by atoms with van der Waals surface area (Å²) in [5.41, 5.74) is 1.69. The largest absolute Gasteiger partial charge is 0.497 e. The van der Waals surface area contributed by atoms with E-state index in [0.717, 1.165) is 37.4 Å². The fourth-order valence-electron chi connectivity index (χ4n) is 3.88. The molecule has 4 rings (SSSR count). The number of nitrogens with zero attached hydrogens (tertiary/aromatic N) is 2. The summed E-state index contributed by atoms with van der Waals surface area (Å²) in [6, 6.07) is 12.2. The van der Waals surface area contributed by atoms with Crippen molar-refractivity contribution in [3.8, 4) is 5.75 Å². The van der Waals surface area contributed by atoms with Gasteiger partial charge in [-0.2, -0.15) is 8.75 Å². The lowest BCUT2D eigenvalue weighted by Crippen LogP contribution is -2.33. The van der Waals surface area contributed by atoms with Crippen LogP contribution in [0.3, 0.4) is 0 Å². The van der Waals surface area contributed by atoms with Crippen molar-refractivity contribution in [3.05, 3.63) is 42.5 Å². The average Bonchev–Trinajstić information content (AvgIpc) is 3.27. The van der Waals surface area contributed by atoms with Crippen LogP contribution >= 0.6 is 11.7 Å². The molecule has 164 valence electrons. The van der Waals surface area contributed by atoms with Crippen LogP contribution < -0.4 is 14.8 Å². The molecule has 1 amide bonds. The summed E-state index contributed by atoms with van der Waals surface area (Å²) >= 11 is 0.998. The van der Waals surface area contributed by atoms with Crippen molar-refractivity contribution in [2.45, 2.75) is 30.6 Å². The number of hydrogen-bond acceptors (Lipinski definition) is 7. The van der Waals surface area contributed by atoms with Gasteiger partial charge in [0.15, 0.2) is 0 Å². The number of sulfonamides is 1. The van der Waals surface area contributed by atoms with Crippen LogP contribution in [0.15, 0.2) is 47.4 Å². The van der Waals surface area contributed by atoms with Crippen LogP contribution in [0.2, 0.25) is 0 Å². The highest BCUT2D eigenvalue weighted by molar-refractivity contribution is 7.89.